The molecule has 2 heterocycles. The second-order valence-corrected chi connectivity index (χ2v) is 7.86. The third kappa shape index (κ3) is 3.00. The Labute approximate surface area is 153 Å². The summed E-state index contributed by atoms with van der Waals surface area (Å²) in [5, 5.41) is 0. The van der Waals surface area contributed by atoms with Crippen LogP contribution in [0.2, 0.25) is 0 Å². The summed E-state index contributed by atoms with van der Waals surface area (Å²) in [5.74, 6) is 0.214. The molecule has 0 bridgehead atoms. The predicted molar refractivity (Wildman–Crippen MR) is 96.9 cm³/mol. The molecule has 4 rings (SSSR count). The molecule has 2 aliphatic heterocycles. The van der Waals surface area contributed by atoms with Crippen LogP contribution >= 0.6 is 0 Å². The minimum atomic E-state index is -0.350. The van der Waals surface area contributed by atoms with Crippen molar-refractivity contribution in [2.75, 3.05) is 11.4 Å². The standard InChI is InChI=1S/C20H26FN3O2/c1-12(19-14-5-2-3-6-15(14)20(26)23-22-19)13-8-9-16(21)17(11-13)24-10-4-7-18(24)25/h8-9,11-12,14-15,19,22H,2-7,10H2,1H3,(H,23,26). The fourth-order valence-corrected chi connectivity index (χ4v) is 4.89. The highest BCUT2D eigenvalue weighted by Crippen LogP contribution is 2.40. The van der Waals surface area contributed by atoms with Gasteiger partial charge in [-0.25, -0.2) is 9.82 Å². The maximum atomic E-state index is 14.4. The Bertz CT molecular complexity index is 723. The Kier molecular flexibility index (Phi) is 4.69. The van der Waals surface area contributed by atoms with Crippen LogP contribution in [0.1, 0.15) is 56.9 Å². The zero-order chi connectivity index (χ0) is 18.3. The first kappa shape index (κ1) is 17.5. The van der Waals surface area contributed by atoms with E-state index in [0.29, 0.717) is 24.6 Å². The highest BCUT2D eigenvalue weighted by Gasteiger charge is 2.42. The van der Waals surface area contributed by atoms with Gasteiger partial charge in [-0.3, -0.25) is 15.0 Å². The summed E-state index contributed by atoms with van der Waals surface area (Å²) in [7, 11) is 0. The quantitative estimate of drug-likeness (QED) is 0.872. The maximum absolute atomic E-state index is 14.4. The maximum Gasteiger partial charge on any atom is 0.237 e. The van der Waals surface area contributed by atoms with Gasteiger partial charge in [0.2, 0.25) is 11.8 Å². The second-order valence-electron chi connectivity index (χ2n) is 7.86. The third-order valence-electron chi connectivity index (χ3n) is 6.38. The summed E-state index contributed by atoms with van der Waals surface area (Å²) in [6.07, 6.45) is 5.50. The lowest BCUT2D eigenvalue weighted by molar-refractivity contribution is -0.133. The number of carbonyl (C=O) groups is 2. The largest absolute Gasteiger partial charge is 0.310 e. The normalized spacial score (nSPS) is 30.1. The molecule has 1 aromatic carbocycles. The van der Waals surface area contributed by atoms with Crippen molar-refractivity contribution in [3.63, 3.8) is 0 Å². The number of anilines is 1. The van der Waals surface area contributed by atoms with Gasteiger partial charge in [0.15, 0.2) is 0 Å². The van der Waals surface area contributed by atoms with Gasteiger partial charge in [-0.1, -0.05) is 25.8 Å². The van der Waals surface area contributed by atoms with Crippen molar-refractivity contribution >= 4 is 17.5 Å². The van der Waals surface area contributed by atoms with E-state index in [2.05, 4.69) is 17.8 Å². The first-order valence-electron chi connectivity index (χ1n) is 9.71. The number of hydrazine groups is 1. The number of benzene rings is 1. The van der Waals surface area contributed by atoms with Crippen LogP contribution in [0.3, 0.4) is 0 Å². The number of fused-ring (bicyclic) bond motifs is 1. The molecule has 1 saturated carbocycles. The Morgan fingerprint density at radius 2 is 2.00 bits per heavy atom. The van der Waals surface area contributed by atoms with E-state index in [1.807, 2.05) is 6.07 Å². The Morgan fingerprint density at radius 1 is 1.19 bits per heavy atom. The molecule has 1 aliphatic carbocycles. The summed E-state index contributed by atoms with van der Waals surface area (Å²) < 4.78 is 14.4. The van der Waals surface area contributed by atoms with Crippen molar-refractivity contribution in [1.82, 2.24) is 10.9 Å². The first-order chi connectivity index (χ1) is 12.6. The second kappa shape index (κ2) is 6.99. The van der Waals surface area contributed by atoms with Gasteiger partial charge in [0, 0.05) is 24.9 Å². The SMILES string of the molecule is CC(c1ccc(F)c(N2CCCC2=O)c1)C1NNC(=O)C2CCCCC21. The number of carbonyl (C=O) groups excluding carboxylic acids is 2. The lowest BCUT2D eigenvalue weighted by Gasteiger charge is -2.43. The van der Waals surface area contributed by atoms with Crippen LogP contribution in [0.4, 0.5) is 10.1 Å². The molecular formula is C20H26FN3O2. The number of hydrogen-bond donors (Lipinski definition) is 2. The van der Waals surface area contributed by atoms with E-state index in [1.54, 1.807) is 11.0 Å². The van der Waals surface area contributed by atoms with Crippen molar-refractivity contribution in [3.8, 4) is 0 Å². The smallest absolute Gasteiger partial charge is 0.237 e. The van der Waals surface area contributed by atoms with Crippen LogP contribution in [-0.2, 0) is 9.59 Å². The molecule has 2 amide bonds. The van der Waals surface area contributed by atoms with Crippen molar-refractivity contribution in [2.24, 2.45) is 11.8 Å². The molecule has 0 aromatic heterocycles. The van der Waals surface area contributed by atoms with Crippen LogP contribution in [0.5, 0.6) is 0 Å². The molecule has 0 spiro atoms. The molecule has 26 heavy (non-hydrogen) atoms. The minimum absolute atomic E-state index is 0.0101. The minimum Gasteiger partial charge on any atom is -0.310 e. The molecule has 1 aromatic rings. The molecule has 5 nitrogen and oxygen atoms in total. The van der Waals surface area contributed by atoms with Crippen molar-refractivity contribution < 1.29 is 14.0 Å². The Balaban J connectivity index is 1.60. The summed E-state index contributed by atoms with van der Waals surface area (Å²) in [6, 6.07) is 5.21. The molecule has 3 aliphatic rings. The number of halogens is 1. The zero-order valence-corrected chi connectivity index (χ0v) is 15.1. The van der Waals surface area contributed by atoms with Crippen molar-refractivity contribution in [1.29, 1.82) is 0 Å². The van der Waals surface area contributed by atoms with Gasteiger partial charge in [-0.05, 0) is 48.8 Å². The molecule has 2 N–H and O–H groups in total. The molecule has 4 atom stereocenters. The number of nitrogens with one attached hydrogen (secondary N) is 2. The number of rotatable bonds is 3. The average molecular weight is 359 g/mol. The highest BCUT2D eigenvalue weighted by molar-refractivity contribution is 5.95. The fraction of sp³-hybridized carbons (Fsp3) is 0.600. The molecule has 3 fully saturated rings. The lowest BCUT2D eigenvalue weighted by Crippen LogP contribution is -2.60. The summed E-state index contributed by atoms with van der Waals surface area (Å²) in [4.78, 5) is 25.8. The van der Waals surface area contributed by atoms with E-state index in [9.17, 15) is 14.0 Å². The highest BCUT2D eigenvalue weighted by atomic mass is 19.1. The van der Waals surface area contributed by atoms with Gasteiger partial charge in [0.1, 0.15) is 5.82 Å². The third-order valence-corrected chi connectivity index (χ3v) is 6.38. The van der Waals surface area contributed by atoms with Gasteiger partial charge in [-0.2, -0.15) is 0 Å². The van der Waals surface area contributed by atoms with Gasteiger partial charge in [0.05, 0.1) is 5.69 Å². The molecule has 0 radical (unpaired) electrons. The summed E-state index contributed by atoms with van der Waals surface area (Å²) >= 11 is 0. The van der Waals surface area contributed by atoms with E-state index in [4.69, 9.17) is 0 Å². The first-order valence-corrected chi connectivity index (χ1v) is 9.71. The molecule has 4 unspecified atom stereocenters. The van der Waals surface area contributed by atoms with E-state index in [1.165, 1.54) is 6.07 Å². The molecule has 2 saturated heterocycles. The Hall–Kier alpha value is -1.95. The van der Waals surface area contributed by atoms with Gasteiger partial charge < -0.3 is 4.90 Å². The monoisotopic (exact) mass is 359 g/mol. The van der Waals surface area contributed by atoms with Gasteiger partial charge in [0.25, 0.3) is 0 Å². The fourth-order valence-electron chi connectivity index (χ4n) is 4.89. The van der Waals surface area contributed by atoms with E-state index in [-0.39, 0.29) is 35.5 Å². The van der Waals surface area contributed by atoms with E-state index >= 15 is 0 Å². The van der Waals surface area contributed by atoms with Crippen LogP contribution in [0, 0.1) is 17.7 Å². The predicted octanol–water partition coefficient (Wildman–Crippen LogP) is 2.87. The van der Waals surface area contributed by atoms with Crippen molar-refractivity contribution in [2.45, 2.75) is 57.4 Å². The molecular weight excluding hydrogens is 333 g/mol. The van der Waals surface area contributed by atoms with E-state index in [0.717, 1.165) is 37.7 Å². The van der Waals surface area contributed by atoms with Crippen LogP contribution in [-0.4, -0.2) is 24.4 Å². The Morgan fingerprint density at radius 3 is 2.77 bits per heavy atom. The lowest BCUT2D eigenvalue weighted by atomic mass is 9.70. The van der Waals surface area contributed by atoms with Gasteiger partial charge in [-0.15, -0.1) is 0 Å². The number of nitrogens with zero attached hydrogens (tertiary/aromatic N) is 1. The van der Waals surface area contributed by atoms with E-state index < -0.39 is 0 Å². The number of amides is 2. The van der Waals surface area contributed by atoms with Crippen molar-refractivity contribution in [3.05, 3.63) is 29.6 Å². The summed E-state index contributed by atoms with van der Waals surface area (Å²) in [6.45, 7) is 2.69. The number of hydrogen-bond acceptors (Lipinski definition) is 3. The van der Waals surface area contributed by atoms with Crippen LogP contribution in [0.25, 0.3) is 0 Å². The molecule has 140 valence electrons. The summed E-state index contributed by atoms with van der Waals surface area (Å²) in [5.41, 5.74) is 7.43. The van der Waals surface area contributed by atoms with Gasteiger partial charge >= 0.3 is 0 Å². The average Bonchev–Trinajstić information content (AvgIpc) is 3.08. The topological polar surface area (TPSA) is 61.4 Å². The van der Waals surface area contributed by atoms with Crippen LogP contribution in [0.15, 0.2) is 18.2 Å². The molecule has 6 heteroatoms. The van der Waals surface area contributed by atoms with Crippen LogP contribution < -0.4 is 15.8 Å². The zero-order valence-electron chi connectivity index (χ0n) is 15.1.